The summed E-state index contributed by atoms with van der Waals surface area (Å²) in [6.07, 6.45) is 1.09. The lowest BCUT2D eigenvalue weighted by Gasteiger charge is -2.08. The van der Waals surface area contributed by atoms with Crippen molar-refractivity contribution in [3.05, 3.63) is 86.7 Å². The lowest BCUT2D eigenvalue weighted by Crippen LogP contribution is -2.17. The number of nitrogens with zero attached hydrogens (tertiary/aromatic N) is 4. The summed E-state index contributed by atoms with van der Waals surface area (Å²) in [4.78, 5) is 22.4. The molecule has 0 fully saturated rings. The molecule has 9 heteroatoms. The molecule has 0 unspecified atom stereocenters. The molecule has 3 rings (SSSR count). The number of hydrogen-bond acceptors (Lipinski definition) is 6. The highest BCUT2D eigenvalue weighted by molar-refractivity contribution is 5.95. The number of non-ortho nitro benzene ring substituents is 1. The van der Waals surface area contributed by atoms with E-state index in [1.165, 1.54) is 0 Å². The molecular weight excluding hydrogens is 374 g/mol. The van der Waals surface area contributed by atoms with Gasteiger partial charge in [0.05, 0.1) is 23.4 Å². The number of nitro groups is 1. The molecule has 1 amide bonds. The molecule has 3 aromatic rings. The number of hydrazone groups is 1. The van der Waals surface area contributed by atoms with Crippen molar-refractivity contribution in [2.45, 2.75) is 20.4 Å². The number of aryl methyl sites for hydroxylation is 2. The molecule has 0 radical (unpaired) electrons. The fourth-order valence-corrected chi connectivity index (χ4v) is 2.74. The van der Waals surface area contributed by atoms with E-state index in [1.807, 2.05) is 36.7 Å². The topological polar surface area (TPSA) is 125 Å². The molecule has 0 aliphatic heterocycles. The van der Waals surface area contributed by atoms with Gasteiger partial charge in [-0.25, -0.2) is 5.43 Å². The van der Waals surface area contributed by atoms with Gasteiger partial charge in [0.25, 0.3) is 11.6 Å². The van der Waals surface area contributed by atoms with Gasteiger partial charge in [-0.3, -0.25) is 19.6 Å². The highest BCUT2D eigenvalue weighted by atomic mass is 16.6. The van der Waals surface area contributed by atoms with Crippen LogP contribution in [0.15, 0.2) is 53.6 Å². The van der Waals surface area contributed by atoms with Gasteiger partial charge >= 0.3 is 0 Å². The van der Waals surface area contributed by atoms with Gasteiger partial charge in [0.1, 0.15) is 0 Å². The molecular formula is C20H18N5O4-. The Labute approximate surface area is 166 Å². The number of nitro benzene ring substituents is 1. The lowest BCUT2D eigenvalue weighted by atomic mass is 10.1. The highest BCUT2D eigenvalue weighted by Crippen LogP contribution is 2.19. The van der Waals surface area contributed by atoms with Crippen molar-refractivity contribution >= 4 is 17.8 Å². The summed E-state index contributed by atoms with van der Waals surface area (Å²) in [5.74, 6) is -0.890. The number of rotatable bonds is 6. The van der Waals surface area contributed by atoms with Crippen LogP contribution in [0.1, 0.15) is 32.9 Å². The zero-order valence-electron chi connectivity index (χ0n) is 15.8. The molecule has 1 heterocycles. The summed E-state index contributed by atoms with van der Waals surface area (Å²) < 4.78 is 1.88. The smallest absolute Gasteiger partial charge is 0.271 e. The number of carbonyl (C=O) groups excluding carboxylic acids is 1. The minimum absolute atomic E-state index is 0.0136. The molecule has 0 spiro atoms. The van der Waals surface area contributed by atoms with Crippen LogP contribution in [0.3, 0.4) is 0 Å². The molecule has 29 heavy (non-hydrogen) atoms. The van der Waals surface area contributed by atoms with Gasteiger partial charge < -0.3 is 5.11 Å². The summed E-state index contributed by atoms with van der Waals surface area (Å²) in [7, 11) is 0. The first kappa shape index (κ1) is 19.7. The summed E-state index contributed by atoms with van der Waals surface area (Å²) >= 11 is 0. The second kappa shape index (κ2) is 8.34. The SMILES string of the molecule is Cc1cc(C)n(Cc2ccc(C(=O)N/N=C\c3cc([N+](=O)[O-])ccc3[O-])cc2)n1. The first-order valence-corrected chi connectivity index (χ1v) is 8.72. The van der Waals surface area contributed by atoms with Crippen molar-refractivity contribution in [2.75, 3.05) is 0 Å². The van der Waals surface area contributed by atoms with Crippen LogP contribution >= 0.6 is 0 Å². The minimum atomic E-state index is -0.608. The molecule has 148 valence electrons. The average molecular weight is 392 g/mol. The van der Waals surface area contributed by atoms with E-state index in [9.17, 15) is 20.0 Å². The molecule has 0 atom stereocenters. The third kappa shape index (κ3) is 4.83. The highest BCUT2D eigenvalue weighted by Gasteiger charge is 2.07. The normalized spacial score (nSPS) is 11.0. The van der Waals surface area contributed by atoms with E-state index < -0.39 is 16.6 Å². The van der Waals surface area contributed by atoms with Crippen molar-refractivity contribution in [3.63, 3.8) is 0 Å². The van der Waals surface area contributed by atoms with Gasteiger partial charge in [0, 0.05) is 23.4 Å². The predicted octanol–water partition coefficient (Wildman–Crippen LogP) is 2.29. The lowest BCUT2D eigenvalue weighted by molar-refractivity contribution is -0.385. The van der Waals surface area contributed by atoms with Crippen molar-refractivity contribution < 1.29 is 14.8 Å². The number of aromatic nitrogens is 2. The third-order valence-corrected chi connectivity index (χ3v) is 4.23. The number of hydrogen-bond donors (Lipinski definition) is 1. The third-order valence-electron chi connectivity index (χ3n) is 4.23. The summed E-state index contributed by atoms with van der Waals surface area (Å²) in [6.45, 7) is 4.51. The van der Waals surface area contributed by atoms with Crippen LogP contribution in [-0.2, 0) is 6.54 Å². The van der Waals surface area contributed by atoms with Crippen LogP contribution in [-0.4, -0.2) is 26.8 Å². The van der Waals surface area contributed by atoms with Crippen molar-refractivity contribution in [2.24, 2.45) is 5.10 Å². The maximum atomic E-state index is 12.2. The van der Waals surface area contributed by atoms with Gasteiger partial charge in [0.15, 0.2) is 0 Å². The fraction of sp³-hybridized carbons (Fsp3) is 0.150. The quantitative estimate of drug-likeness (QED) is 0.391. The van der Waals surface area contributed by atoms with Crippen LogP contribution < -0.4 is 10.5 Å². The number of carbonyl (C=O) groups is 1. The van der Waals surface area contributed by atoms with Gasteiger partial charge in [-0.2, -0.15) is 10.2 Å². The largest absolute Gasteiger partial charge is 0.872 e. The predicted molar refractivity (Wildman–Crippen MR) is 105 cm³/mol. The second-order valence-electron chi connectivity index (χ2n) is 6.46. The Morgan fingerprint density at radius 1 is 1.21 bits per heavy atom. The monoisotopic (exact) mass is 392 g/mol. The molecule has 9 nitrogen and oxygen atoms in total. The van der Waals surface area contributed by atoms with Crippen LogP contribution in [0.25, 0.3) is 0 Å². The van der Waals surface area contributed by atoms with E-state index in [-0.39, 0.29) is 11.3 Å². The van der Waals surface area contributed by atoms with E-state index in [2.05, 4.69) is 15.6 Å². The van der Waals surface area contributed by atoms with Crippen molar-refractivity contribution in [1.82, 2.24) is 15.2 Å². The first-order chi connectivity index (χ1) is 13.8. The number of nitrogens with one attached hydrogen (secondary N) is 1. The van der Waals surface area contributed by atoms with Gasteiger partial charge in [-0.05, 0) is 43.2 Å². The van der Waals surface area contributed by atoms with E-state index in [1.54, 1.807) is 12.1 Å². The van der Waals surface area contributed by atoms with Crippen LogP contribution in [0.2, 0.25) is 0 Å². The van der Waals surface area contributed by atoms with E-state index in [4.69, 9.17) is 0 Å². The van der Waals surface area contributed by atoms with E-state index in [0.29, 0.717) is 12.1 Å². The Balaban J connectivity index is 1.64. The molecule has 0 aliphatic carbocycles. The Hall–Kier alpha value is -4.01. The summed E-state index contributed by atoms with van der Waals surface area (Å²) in [5, 5.41) is 30.6. The van der Waals surface area contributed by atoms with Gasteiger partial charge in [-0.15, -0.1) is 0 Å². The van der Waals surface area contributed by atoms with Gasteiger partial charge in [0.2, 0.25) is 0 Å². The summed E-state index contributed by atoms with van der Waals surface area (Å²) in [5.41, 5.74) is 5.47. The van der Waals surface area contributed by atoms with Crippen LogP contribution in [0.4, 0.5) is 5.69 Å². The van der Waals surface area contributed by atoms with Crippen molar-refractivity contribution in [1.29, 1.82) is 0 Å². The Morgan fingerprint density at radius 2 is 1.93 bits per heavy atom. The molecule has 0 saturated heterocycles. The minimum Gasteiger partial charge on any atom is -0.872 e. The fourth-order valence-electron chi connectivity index (χ4n) is 2.74. The molecule has 2 aromatic carbocycles. The second-order valence-corrected chi connectivity index (χ2v) is 6.46. The zero-order chi connectivity index (χ0) is 21.0. The Bertz CT molecular complexity index is 1090. The first-order valence-electron chi connectivity index (χ1n) is 8.72. The molecule has 0 aliphatic rings. The van der Waals surface area contributed by atoms with E-state index >= 15 is 0 Å². The van der Waals surface area contributed by atoms with Crippen LogP contribution in [0.5, 0.6) is 5.75 Å². The maximum absolute atomic E-state index is 12.2. The molecule has 1 N–H and O–H groups in total. The average Bonchev–Trinajstić information content (AvgIpc) is 3.00. The number of benzene rings is 2. The molecule has 0 bridgehead atoms. The van der Waals surface area contributed by atoms with Gasteiger partial charge in [-0.1, -0.05) is 23.9 Å². The zero-order valence-corrected chi connectivity index (χ0v) is 15.8. The van der Waals surface area contributed by atoms with Crippen molar-refractivity contribution in [3.8, 4) is 5.75 Å². The maximum Gasteiger partial charge on any atom is 0.271 e. The van der Waals surface area contributed by atoms with E-state index in [0.717, 1.165) is 41.4 Å². The standard InChI is InChI=1S/C20H19N5O4/c1-13-9-14(2)24(23-13)12-15-3-5-16(6-4-15)20(27)22-21-11-17-10-18(25(28)29)7-8-19(17)26/h3-11,26H,12H2,1-2H3,(H,22,27)/p-1/b21-11-. The molecule has 0 saturated carbocycles. The summed E-state index contributed by atoms with van der Waals surface area (Å²) in [6, 6.07) is 12.3. The molecule has 1 aromatic heterocycles. The van der Waals surface area contributed by atoms with Crippen LogP contribution in [0, 0.1) is 24.0 Å². The Morgan fingerprint density at radius 3 is 2.55 bits per heavy atom. The Kier molecular flexibility index (Phi) is 5.68. The number of amides is 1.